The lowest BCUT2D eigenvalue weighted by Crippen LogP contribution is -2.29. The van der Waals surface area contributed by atoms with E-state index in [0.29, 0.717) is 36.5 Å². The smallest absolute Gasteiger partial charge is 0.240 e. The van der Waals surface area contributed by atoms with Gasteiger partial charge in [0.15, 0.2) is 10.6 Å². The highest BCUT2D eigenvalue weighted by atomic mass is 32.1. The van der Waals surface area contributed by atoms with Crippen molar-refractivity contribution in [1.82, 2.24) is 20.1 Å². The molecule has 1 aliphatic carbocycles. The molecule has 29 heavy (non-hydrogen) atoms. The van der Waals surface area contributed by atoms with E-state index in [4.69, 9.17) is 21.7 Å². The van der Waals surface area contributed by atoms with E-state index in [2.05, 4.69) is 15.5 Å². The lowest BCUT2D eigenvalue weighted by Gasteiger charge is -2.21. The first-order chi connectivity index (χ1) is 14.2. The van der Waals surface area contributed by atoms with Crippen LogP contribution in [0.2, 0.25) is 0 Å². The molecule has 1 saturated carbocycles. The summed E-state index contributed by atoms with van der Waals surface area (Å²) in [4.78, 5) is 12.4. The second-order valence-corrected chi connectivity index (χ2v) is 7.62. The van der Waals surface area contributed by atoms with Crippen molar-refractivity contribution in [2.45, 2.75) is 58.1 Å². The number of carbonyl (C=O) groups is 1. The molecule has 7 nitrogen and oxygen atoms in total. The maximum atomic E-state index is 12.4. The summed E-state index contributed by atoms with van der Waals surface area (Å²) in [6.45, 7) is 3.97. The van der Waals surface area contributed by atoms with Crippen LogP contribution in [0.15, 0.2) is 24.3 Å². The van der Waals surface area contributed by atoms with Gasteiger partial charge in [-0.25, -0.2) is 0 Å². The minimum absolute atomic E-state index is 0.0904. The Kier molecular flexibility index (Phi) is 8.25. The van der Waals surface area contributed by atoms with Crippen LogP contribution in [0.25, 0.3) is 11.4 Å². The number of nitrogens with zero attached hydrogens (tertiary/aromatic N) is 2. The number of hydrogen-bond donors (Lipinski definition) is 2. The monoisotopic (exact) mass is 418 g/mol. The average Bonchev–Trinajstić information content (AvgIpc) is 3.09. The number of benzene rings is 1. The van der Waals surface area contributed by atoms with E-state index in [9.17, 15) is 4.79 Å². The van der Waals surface area contributed by atoms with E-state index in [1.54, 1.807) is 4.57 Å². The summed E-state index contributed by atoms with van der Waals surface area (Å²) in [6, 6.07) is 7.58. The number of hydrogen-bond acceptors (Lipinski definition) is 5. The number of nitrogens with one attached hydrogen (secondary N) is 2. The summed E-state index contributed by atoms with van der Waals surface area (Å²) in [7, 11) is 0. The molecule has 8 heteroatoms. The minimum atomic E-state index is -0.0904. The molecule has 0 atom stereocenters. The predicted molar refractivity (Wildman–Crippen MR) is 114 cm³/mol. The SMILES string of the molecule is CCOc1ccc(-c2n[nH]c(=S)n2CC(=O)NCCCOC2CCCCC2)cc1. The zero-order valence-electron chi connectivity index (χ0n) is 17.0. The molecular formula is C21H30N4O3S. The molecular weight excluding hydrogens is 388 g/mol. The van der Waals surface area contributed by atoms with Gasteiger partial charge < -0.3 is 14.8 Å². The molecule has 2 aromatic rings. The van der Waals surface area contributed by atoms with Gasteiger partial charge in [-0.15, -0.1) is 0 Å². The Morgan fingerprint density at radius 1 is 1.28 bits per heavy atom. The standard InChI is InChI=1S/C21H30N4O3S/c1-2-27-18-11-9-16(10-12-18)20-23-24-21(29)25(20)15-19(26)22-13-6-14-28-17-7-4-3-5-8-17/h9-12,17H,2-8,13-15H2,1H3,(H,22,26)(H,24,29). The highest BCUT2D eigenvalue weighted by molar-refractivity contribution is 7.71. The maximum absolute atomic E-state index is 12.4. The summed E-state index contributed by atoms with van der Waals surface area (Å²) in [5.41, 5.74) is 0.870. The molecule has 1 aromatic heterocycles. The molecule has 0 unspecified atom stereocenters. The van der Waals surface area contributed by atoms with Gasteiger partial charge in [0.25, 0.3) is 0 Å². The molecule has 0 saturated heterocycles. The van der Waals surface area contributed by atoms with Crippen LogP contribution < -0.4 is 10.1 Å². The van der Waals surface area contributed by atoms with Gasteiger partial charge in [-0.2, -0.15) is 5.10 Å². The Hall–Kier alpha value is -2.19. The third kappa shape index (κ3) is 6.40. The molecule has 1 aromatic carbocycles. The minimum Gasteiger partial charge on any atom is -0.494 e. The molecule has 1 aliphatic rings. The second-order valence-electron chi connectivity index (χ2n) is 7.23. The van der Waals surface area contributed by atoms with E-state index in [1.165, 1.54) is 32.1 Å². The van der Waals surface area contributed by atoms with E-state index in [1.807, 2.05) is 31.2 Å². The van der Waals surface area contributed by atoms with Crippen LogP contribution in [0.5, 0.6) is 5.75 Å². The Morgan fingerprint density at radius 2 is 2.03 bits per heavy atom. The van der Waals surface area contributed by atoms with Crippen molar-refractivity contribution < 1.29 is 14.3 Å². The van der Waals surface area contributed by atoms with Crippen LogP contribution in [0.1, 0.15) is 45.4 Å². The van der Waals surface area contributed by atoms with Gasteiger partial charge >= 0.3 is 0 Å². The fourth-order valence-electron chi connectivity index (χ4n) is 3.53. The first-order valence-electron chi connectivity index (χ1n) is 10.4. The quantitative estimate of drug-likeness (QED) is 0.452. The Labute approximate surface area is 176 Å². The lowest BCUT2D eigenvalue weighted by atomic mass is 9.98. The van der Waals surface area contributed by atoms with Crippen LogP contribution in [-0.2, 0) is 16.1 Å². The van der Waals surface area contributed by atoms with Crippen molar-refractivity contribution in [3.05, 3.63) is 29.0 Å². The number of aromatic amines is 1. The zero-order valence-corrected chi connectivity index (χ0v) is 17.8. The number of aromatic nitrogens is 3. The highest BCUT2D eigenvalue weighted by Gasteiger charge is 2.14. The van der Waals surface area contributed by atoms with Crippen LogP contribution in [0.4, 0.5) is 0 Å². The van der Waals surface area contributed by atoms with Gasteiger partial charge in [0, 0.05) is 18.7 Å². The summed E-state index contributed by atoms with van der Waals surface area (Å²) in [6.07, 6.45) is 7.40. The largest absolute Gasteiger partial charge is 0.494 e. The summed E-state index contributed by atoms with van der Waals surface area (Å²) in [5, 5.41) is 10.0. The van der Waals surface area contributed by atoms with Crippen molar-refractivity contribution in [1.29, 1.82) is 0 Å². The lowest BCUT2D eigenvalue weighted by molar-refractivity contribution is -0.121. The van der Waals surface area contributed by atoms with Gasteiger partial charge in [-0.05, 0) is 62.7 Å². The molecule has 0 radical (unpaired) electrons. The van der Waals surface area contributed by atoms with Crippen LogP contribution in [0, 0.1) is 4.77 Å². The van der Waals surface area contributed by atoms with Crippen LogP contribution >= 0.6 is 12.2 Å². The predicted octanol–water partition coefficient (Wildman–Crippen LogP) is 3.86. The summed E-state index contributed by atoms with van der Waals surface area (Å²) < 4.78 is 13.5. The van der Waals surface area contributed by atoms with Crippen LogP contribution in [-0.4, -0.2) is 46.5 Å². The Balaban J connectivity index is 1.47. The summed E-state index contributed by atoms with van der Waals surface area (Å²) in [5.74, 6) is 1.34. The third-order valence-electron chi connectivity index (χ3n) is 5.03. The van der Waals surface area contributed by atoms with E-state index < -0.39 is 0 Å². The molecule has 1 fully saturated rings. The Morgan fingerprint density at radius 3 is 2.76 bits per heavy atom. The molecule has 158 valence electrons. The maximum Gasteiger partial charge on any atom is 0.240 e. The molecule has 0 spiro atoms. The number of H-pyrrole nitrogens is 1. The van der Waals surface area contributed by atoms with Crippen LogP contribution in [0.3, 0.4) is 0 Å². The molecule has 0 bridgehead atoms. The molecule has 1 amide bonds. The van der Waals surface area contributed by atoms with E-state index in [-0.39, 0.29) is 12.5 Å². The number of rotatable bonds is 10. The summed E-state index contributed by atoms with van der Waals surface area (Å²) >= 11 is 5.31. The van der Waals surface area contributed by atoms with Gasteiger partial charge in [0.2, 0.25) is 5.91 Å². The van der Waals surface area contributed by atoms with Crippen molar-refractivity contribution in [2.75, 3.05) is 19.8 Å². The zero-order chi connectivity index (χ0) is 20.5. The second kappa shape index (κ2) is 11.1. The molecule has 3 rings (SSSR count). The highest BCUT2D eigenvalue weighted by Crippen LogP contribution is 2.21. The van der Waals surface area contributed by atoms with Crippen molar-refractivity contribution >= 4 is 18.1 Å². The average molecular weight is 419 g/mol. The number of ether oxygens (including phenoxy) is 2. The van der Waals surface area contributed by atoms with Gasteiger partial charge in [-0.3, -0.25) is 14.5 Å². The van der Waals surface area contributed by atoms with Gasteiger partial charge in [-0.1, -0.05) is 19.3 Å². The molecule has 1 heterocycles. The van der Waals surface area contributed by atoms with Crippen molar-refractivity contribution in [2.24, 2.45) is 0 Å². The van der Waals surface area contributed by atoms with Gasteiger partial charge in [0.05, 0.1) is 12.7 Å². The fourth-order valence-corrected chi connectivity index (χ4v) is 3.73. The van der Waals surface area contributed by atoms with E-state index in [0.717, 1.165) is 17.7 Å². The fraction of sp³-hybridized carbons (Fsp3) is 0.571. The number of carbonyl (C=O) groups excluding carboxylic acids is 1. The first-order valence-corrected chi connectivity index (χ1v) is 10.8. The number of amides is 1. The van der Waals surface area contributed by atoms with Gasteiger partial charge in [0.1, 0.15) is 12.3 Å². The normalized spacial score (nSPS) is 14.7. The third-order valence-corrected chi connectivity index (χ3v) is 5.34. The topological polar surface area (TPSA) is 81.2 Å². The first kappa shape index (κ1) is 21.5. The van der Waals surface area contributed by atoms with Crippen molar-refractivity contribution in [3.8, 4) is 17.1 Å². The molecule has 2 N–H and O–H groups in total. The Bertz CT molecular complexity index is 825. The van der Waals surface area contributed by atoms with Crippen molar-refractivity contribution in [3.63, 3.8) is 0 Å². The molecule has 0 aliphatic heterocycles. The van der Waals surface area contributed by atoms with E-state index >= 15 is 0 Å².